The SMILES string of the molecule is CCOc1ccc(NC(=O)C(C#N)=CC=Cc2ccco2)cc1. The van der Waals surface area contributed by atoms with Crippen LogP contribution in [0.5, 0.6) is 5.75 Å². The molecule has 5 nitrogen and oxygen atoms in total. The van der Waals surface area contributed by atoms with Crippen LogP contribution in [0.25, 0.3) is 6.08 Å². The van der Waals surface area contributed by atoms with E-state index in [9.17, 15) is 4.79 Å². The molecule has 0 bridgehead atoms. The van der Waals surface area contributed by atoms with E-state index in [0.717, 1.165) is 5.75 Å². The Labute approximate surface area is 134 Å². The zero-order valence-electron chi connectivity index (χ0n) is 12.7. The molecule has 1 amide bonds. The molecule has 1 heterocycles. The lowest BCUT2D eigenvalue weighted by atomic mass is 10.2. The molecule has 2 rings (SSSR count). The minimum Gasteiger partial charge on any atom is -0.494 e. The fourth-order valence-electron chi connectivity index (χ4n) is 1.79. The van der Waals surface area contributed by atoms with Gasteiger partial charge < -0.3 is 14.5 Å². The third-order valence-corrected chi connectivity index (χ3v) is 2.85. The molecule has 0 fully saturated rings. The second-order valence-electron chi connectivity index (χ2n) is 4.48. The molecule has 1 aromatic carbocycles. The number of allylic oxidation sites excluding steroid dienone is 2. The van der Waals surface area contributed by atoms with E-state index >= 15 is 0 Å². The van der Waals surface area contributed by atoms with Crippen LogP contribution in [0.15, 0.2) is 64.8 Å². The van der Waals surface area contributed by atoms with Crippen LogP contribution in [0.3, 0.4) is 0 Å². The molecule has 0 saturated carbocycles. The maximum Gasteiger partial charge on any atom is 0.266 e. The molecule has 116 valence electrons. The summed E-state index contributed by atoms with van der Waals surface area (Å²) in [4.78, 5) is 12.1. The molecule has 0 aliphatic carbocycles. The average Bonchev–Trinajstić information content (AvgIpc) is 3.07. The van der Waals surface area contributed by atoms with E-state index in [1.54, 1.807) is 54.8 Å². The Bertz CT molecular complexity index is 736. The topological polar surface area (TPSA) is 75.3 Å². The molecule has 0 aliphatic rings. The molecule has 1 N–H and O–H groups in total. The van der Waals surface area contributed by atoms with E-state index < -0.39 is 5.91 Å². The second-order valence-corrected chi connectivity index (χ2v) is 4.48. The number of nitrogens with zero attached hydrogens (tertiary/aromatic N) is 1. The van der Waals surface area contributed by atoms with Crippen molar-refractivity contribution in [3.8, 4) is 11.8 Å². The van der Waals surface area contributed by atoms with Gasteiger partial charge in [0.2, 0.25) is 0 Å². The number of benzene rings is 1. The lowest BCUT2D eigenvalue weighted by Gasteiger charge is -2.06. The van der Waals surface area contributed by atoms with Gasteiger partial charge in [-0.05, 0) is 55.5 Å². The number of hydrogen-bond donors (Lipinski definition) is 1. The summed E-state index contributed by atoms with van der Waals surface area (Å²) >= 11 is 0. The van der Waals surface area contributed by atoms with Crippen molar-refractivity contribution < 1.29 is 13.9 Å². The molecule has 0 spiro atoms. The lowest BCUT2D eigenvalue weighted by molar-refractivity contribution is -0.112. The number of nitrogens with one attached hydrogen (secondary N) is 1. The van der Waals surface area contributed by atoms with Crippen LogP contribution in [-0.4, -0.2) is 12.5 Å². The number of hydrogen-bond acceptors (Lipinski definition) is 4. The third kappa shape index (κ3) is 4.90. The minimum atomic E-state index is -0.472. The van der Waals surface area contributed by atoms with Crippen LogP contribution in [0.1, 0.15) is 12.7 Å². The number of amides is 1. The van der Waals surface area contributed by atoms with Crippen LogP contribution in [0, 0.1) is 11.3 Å². The summed E-state index contributed by atoms with van der Waals surface area (Å²) in [6.45, 7) is 2.48. The molecule has 23 heavy (non-hydrogen) atoms. The first-order valence-corrected chi connectivity index (χ1v) is 7.09. The Morgan fingerprint density at radius 1 is 1.35 bits per heavy atom. The van der Waals surface area contributed by atoms with E-state index in [1.807, 2.05) is 13.0 Å². The number of carbonyl (C=O) groups is 1. The van der Waals surface area contributed by atoms with E-state index in [-0.39, 0.29) is 5.57 Å². The van der Waals surface area contributed by atoms with Gasteiger partial charge in [-0.15, -0.1) is 0 Å². The number of furan rings is 1. The van der Waals surface area contributed by atoms with Crippen LogP contribution in [0.4, 0.5) is 5.69 Å². The first kappa shape index (κ1) is 16.1. The normalized spacial score (nSPS) is 11.2. The fourth-order valence-corrected chi connectivity index (χ4v) is 1.79. The maximum atomic E-state index is 12.1. The van der Waals surface area contributed by atoms with Gasteiger partial charge in [0.25, 0.3) is 5.91 Å². The average molecular weight is 308 g/mol. The summed E-state index contributed by atoms with van der Waals surface area (Å²) in [5.74, 6) is 0.897. The second kappa shape index (κ2) is 8.25. The molecule has 0 saturated heterocycles. The maximum absolute atomic E-state index is 12.1. The van der Waals surface area contributed by atoms with Gasteiger partial charge in [-0.3, -0.25) is 4.79 Å². The molecule has 0 radical (unpaired) electrons. The predicted molar refractivity (Wildman–Crippen MR) is 87.7 cm³/mol. The van der Waals surface area contributed by atoms with Crippen molar-refractivity contribution in [2.24, 2.45) is 0 Å². The van der Waals surface area contributed by atoms with Crippen molar-refractivity contribution in [3.63, 3.8) is 0 Å². The third-order valence-electron chi connectivity index (χ3n) is 2.85. The van der Waals surface area contributed by atoms with Gasteiger partial charge in [0.05, 0.1) is 12.9 Å². The van der Waals surface area contributed by atoms with Gasteiger partial charge in [0, 0.05) is 5.69 Å². The Morgan fingerprint density at radius 3 is 2.74 bits per heavy atom. The number of ether oxygens (including phenoxy) is 1. The van der Waals surface area contributed by atoms with Crippen molar-refractivity contribution in [2.75, 3.05) is 11.9 Å². The largest absolute Gasteiger partial charge is 0.494 e. The molecule has 1 aromatic heterocycles. The summed E-state index contributed by atoms with van der Waals surface area (Å²) < 4.78 is 10.5. The summed E-state index contributed by atoms with van der Waals surface area (Å²) in [5.41, 5.74) is 0.594. The predicted octanol–water partition coefficient (Wildman–Crippen LogP) is 3.78. The van der Waals surface area contributed by atoms with E-state index in [1.165, 1.54) is 6.08 Å². The van der Waals surface area contributed by atoms with Gasteiger partial charge in [0.15, 0.2) is 0 Å². The monoisotopic (exact) mass is 308 g/mol. The smallest absolute Gasteiger partial charge is 0.266 e. The zero-order valence-corrected chi connectivity index (χ0v) is 12.7. The summed E-state index contributed by atoms with van der Waals surface area (Å²) in [7, 11) is 0. The first-order chi connectivity index (χ1) is 11.2. The van der Waals surface area contributed by atoms with E-state index in [0.29, 0.717) is 18.1 Å². The van der Waals surface area contributed by atoms with Crippen LogP contribution >= 0.6 is 0 Å². The Kier molecular flexibility index (Phi) is 5.78. The number of anilines is 1. The standard InChI is InChI=1S/C18H16N2O3/c1-2-22-17-10-8-15(9-11-17)20-18(21)14(13-19)5-3-6-16-7-4-12-23-16/h3-12H,2H2,1H3,(H,20,21). The van der Waals surface area contributed by atoms with Crippen molar-refractivity contribution in [2.45, 2.75) is 6.92 Å². The molecule has 2 aromatic rings. The van der Waals surface area contributed by atoms with Crippen molar-refractivity contribution in [1.82, 2.24) is 0 Å². The first-order valence-electron chi connectivity index (χ1n) is 7.09. The highest BCUT2D eigenvalue weighted by molar-refractivity contribution is 6.06. The minimum absolute atomic E-state index is 0.00157. The molecule has 0 atom stereocenters. The Hall–Kier alpha value is -3.26. The molecular weight excluding hydrogens is 292 g/mol. The van der Waals surface area contributed by atoms with Gasteiger partial charge in [-0.2, -0.15) is 5.26 Å². The van der Waals surface area contributed by atoms with Crippen molar-refractivity contribution in [3.05, 3.63) is 66.1 Å². The number of carbonyl (C=O) groups excluding carboxylic acids is 1. The summed E-state index contributed by atoms with van der Waals surface area (Å²) in [6.07, 6.45) is 6.25. The van der Waals surface area contributed by atoms with Crippen LogP contribution < -0.4 is 10.1 Å². The molecule has 5 heteroatoms. The van der Waals surface area contributed by atoms with Gasteiger partial charge in [-0.25, -0.2) is 0 Å². The molecule has 0 unspecified atom stereocenters. The highest BCUT2D eigenvalue weighted by atomic mass is 16.5. The van der Waals surface area contributed by atoms with Crippen LogP contribution in [0.2, 0.25) is 0 Å². The lowest BCUT2D eigenvalue weighted by Crippen LogP contribution is -2.13. The Morgan fingerprint density at radius 2 is 2.13 bits per heavy atom. The highest BCUT2D eigenvalue weighted by Crippen LogP contribution is 2.16. The van der Waals surface area contributed by atoms with E-state index in [2.05, 4.69) is 5.32 Å². The zero-order chi connectivity index (χ0) is 16.5. The molecule has 0 aliphatic heterocycles. The molecular formula is C18H16N2O3. The van der Waals surface area contributed by atoms with Gasteiger partial charge >= 0.3 is 0 Å². The van der Waals surface area contributed by atoms with Crippen LogP contribution in [-0.2, 0) is 4.79 Å². The van der Waals surface area contributed by atoms with Crippen molar-refractivity contribution in [1.29, 1.82) is 5.26 Å². The summed E-state index contributed by atoms with van der Waals surface area (Å²) in [6, 6.07) is 12.4. The summed E-state index contributed by atoms with van der Waals surface area (Å²) in [5, 5.41) is 11.8. The highest BCUT2D eigenvalue weighted by Gasteiger charge is 2.08. The fraction of sp³-hybridized carbons (Fsp3) is 0.111. The quantitative estimate of drug-likeness (QED) is 0.500. The van der Waals surface area contributed by atoms with Crippen molar-refractivity contribution >= 4 is 17.7 Å². The Balaban J connectivity index is 2.00. The number of rotatable bonds is 6. The van der Waals surface area contributed by atoms with Gasteiger partial charge in [0.1, 0.15) is 23.2 Å². The van der Waals surface area contributed by atoms with E-state index in [4.69, 9.17) is 14.4 Å². The number of nitriles is 1. The van der Waals surface area contributed by atoms with Gasteiger partial charge in [-0.1, -0.05) is 6.08 Å².